The third kappa shape index (κ3) is 4.71. The van der Waals surface area contributed by atoms with Gasteiger partial charge in [0, 0.05) is 45.5 Å². The van der Waals surface area contributed by atoms with Gasteiger partial charge in [-0.05, 0) is 55.4 Å². The summed E-state index contributed by atoms with van der Waals surface area (Å²) in [6, 6.07) is 12.4. The number of rotatable bonds is 7. The molecule has 0 saturated carbocycles. The van der Waals surface area contributed by atoms with Crippen LogP contribution in [-0.2, 0) is 13.0 Å². The predicted octanol–water partition coefficient (Wildman–Crippen LogP) is 3.50. The first-order chi connectivity index (χ1) is 15.8. The Labute approximate surface area is 193 Å². The Morgan fingerprint density at radius 1 is 0.969 bits per heavy atom. The van der Waals surface area contributed by atoms with Crippen LogP contribution in [0.2, 0.25) is 0 Å². The lowest BCUT2D eigenvalue weighted by Crippen LogP contribution is -2.34. The number of fused-ring (bicyclic) bond motifs is 1. The lowest BCUT2D eigenvalue weighted by atomic mass is 10.00. The van der Waals surface area contributed by atoms with E-state index in [1.165, 1.54) is 30.4 Å². The molecule has 0 radical (unpaired) electrons. The van der Waals surface area contributed by atoms with Gasteiger partial charge in [0.25, 0.3) is 5.91 Å². The molecule has 1 saturated heterocycles. The van der Waals surface area contributed by atoms with Gasteiger partial charge in [-0.1, -0.05) is 35.6 Å². The second kappa shape index (κ2) is 9.83. The standard InChI is InChI=1S/C24H30N6OS/c31-22(25-12-7-13-28-17-11-19-8-2-3-9-20(19)18-28)21-10-6-16-30(21)24-27-26-23(32-24)29-14-4-1-5-15-29/h2-3,6,8-10,16H,1,4-5,7,11-15,17-18H2,(H,25,31). The molecule has 1 aromatic carbocycles. The Morgan fingerprint density at radius 2 is 1.78 bits per heavy atom. The van der Waals surface area contributed by atoms with Gasteiger partial charge in [-0.3, -0.25) is 14.3 Å². The maximum atomic E-state index is 12.8. The van der Waals surface area contributed by atoms with Crippen molar-refractivity contribution in [2.45, 2.75) is 38.6 Å². The molecule has 0 atom stereocenters. The van der Waals surface area contributed by atoms with Crippen LogP contribution in [-0.4, -0.2) is 58.3 Å². The summed E-state index contributed by atoms with van der Waals surface area (Å²) < 4.78 is 1.85. The highest BCUT2D eigenvalue weighted by molar-refractivity contribution is 7.17. The molecule has 0 bridgehead atoms. The van der Waals surface area contributed by atoms with Crippen LogP contribution in [0.5, 0.6) is 0 Å². The number of carbonyl (C=O) groups is 1. The summed E-state index contributed by atoms with van der Waals surface area (Å²) >= 11 is 1.55. The zero-order valence-corrected chi connectivity index (χ0v) is 19.2. The Balaban J connectivity index is 1.13. The zero-order chi connectivity index (χ0) is 21.8. The number of aromatic nitrogens is 3. The summed E-state index contributed by atoms with van der Waals surface area (Å²) in [7, 11) is 0. The van der Waals surface area contributed by atoms with Crippen molar-refractivity contribution in [2.24, 2.45) is 0 Å². The molecule has 8 heteroatoms. The monoisotopic (exact) mass is 450 g/mol. The highest BCUT2D eigenvalue weighted by atomic mass is 32.1. The van der Waals surface area contributed by atoms with Gasteiger partial charge in [-0.2, -0.15) is 0 Å². The molecule has 1 amide bonds. The molecule has 0 unspecified atom stereocenters. The molecule has 32 heavy (non-hydrogen) atoms. The van der Waals surface area contributed by atoms with Gasteiger partial charge >= 0.3 is 0 Å². The molecule has 2 aromatic heterocycles. The van der Waals surface area contributed by atoms with E-state index in [1.54, 1.807) is 11.3 Å². The summed E-state index contributed by atoms with van der Waals surface area (Å²) in [4.78, 5) is 17.6. The Bertz CT molecular complexity index is 1050. The molecule has 3 aromatic rings. The van der Waals surface area contributed by atoms with E-state index in [0.717, 1.165) is 55.8 Å². The lowest BCUT2D eigenvalue weighted by molar-refractivity contribution is 0.0944. The minimum Gasteiger partial charge on any atom is -0.351 e. The molecular formula is C24H30N6OS. The molecule has 0 spiro atoms. The van der Waals surface area contributed by atoms with Crippen molar-refractivity contribution in [3.05, 3.63) is 59.4 Å². The van der Waals surface area contributed by atoms with Crippen LogP contribution in [0.15, 0.2) is 42.6 Å². The van der Waals surface area contributed by atoms with Crippen molar-refractivity contribution < 1.29 is 4.79 Å². The van der Waals surface area contributed by atoms with Crippen LogP contribution in [0, 0.1) is 0 Å². The number of nitrogens with one attached hydrogen (secondary N) is 1. The van der Waals surface area contributed by atoms with Crippen LogP contribution in [0.3, 0.4) is 0 Å². The number of hydrogen-bond donors (Lipinski definition) is 1. The number of anilines is 1. The highest BCUT2D eigenvalue weighted by Gasteiger charge is 2.19. The van der Waals surface area contributed by atoms with E-state index in [-0.39, 0.29) is 5.91 Å². The smallest absolute Gasteiger partial charge is 0.268 e. The van der Waals surface area contributed by atoms with Gasteiger partial charge in [-0.25, -0.2) is 0 Å². The zero-order valence-electron chi connectivity index (χ0n) is 18.4. The normalized spacial score (nSPS) is 16.7. The molecule has 4 heterocycles. The topological polar surface area (TPSA) is 66.3 Å². The lowest BCUT2D eigenvalue weighted by Gasteiger charge is -2.28. The summed E-state index contributed by atoms with van der Waals surface area (Å²) in [6.07, 6.45) is 7.63. The predicted molar refractivity (Wildman–Crippen MR) is 128 cm³/mol. The second-order valence-corrected chi connectivity index (χ2v) is 9.52. The molecule has 2 aliphatic rings. The van der Waals surface area contributed by atoms with Gasteiger partial charge in [0.2, 0.25) is 10.3 Å². The van der Waals surface area contributed by atoms with Crippen LogP contribution >= 0.6 is 11.3 Å². The van der Waals surface area contributed by atoms with Crippen molar-refractivity contribution in [2.75, 3.05) is 37.6 Å². The molecule has 1 N–H and O–H groups in total. The van der Waals surface area contributed by atoms with Crippen molar-refractivity contribution in [1.29, 1.82) is 0 Å². The number of nitrogens with zero attached hydrogens (tertiary/aromatic N) is 5. The Hall–Kier alpha value is -2.71. The highest BCUT2D eigenvalue weighted by Crippen LogP contribution is 2.27. The minimum atomic E-state index is -0.0614. The SMILES string of the molecule is O=C(NCCCN1CCc2ccccc2C1)c1cccn1-c1nnc(N2CCCCC2)s1. The number of benzene rings is 1. The number of amides is 1. The van der Waals surface area contributed by atoms with Crippen molar-refractivity contribution >= 4 is 22.4 Å². The van der Waals surface area contributed by atoms with Crippen LogP contribution in [0.25, 0.3) is 5.13 Å². The molecular weight excluding hydrogens is 420 g/mol. The van der Waals surface area contributed by atoms with Crippen LogP contribution in [0.4, 0.5) is 5.13 Å². The minimum absolute atomic E-state index is 0.0614. The largest absolute Gasteiger partial charge is 0.351 e. The van der Waals surface area contributed by atoms with Crippen LogP contribution in [0.1, 0.15) is 47.3 Å². The summed E-state index contributed by atoms with van der Waals surface area (Å²) in [5.41, 5.74) is 3.51. The summed E-state index contributed by atoms with van der Waals surface area (Å²) in [5, 5.41) is 13.5. The second-order valence-electron chi connectivity index (χ2n) is 8.58. The van der Waals surface area contributed by atoms with Crippen molar-refractivity contribution in [3.8, 4) is 5.13 Å². The first kappa shape index (κ1) is 21.2. The average Bonchev–Trinajstić information content (AvgIpc) is 3.52. The summed E-state index contributed by atoms with van der Waals surface area (Å²) in [6.45, 7) is 5.82. The third-order valence-corrected chi connectivity index (χ3v) is 7.35. The fourth-order valence-electron chi connectivity index (χ4n) is 4.59. The van der Waals surface area contributed by atoms with E-state index in [9.17, 15) is 4.79 Å². The van der Waals surface area contributed by atoms with E-state index in [1.807, 2.05) is 22.9 Å². The molecule has 168 valence electrons. The van der Waals surface area contributed by atoms with E-state index >= 15 is 0 Å². The number of piperidine rings is 1. The number of carbonyl (C=O) groups excluding carboxylic acids is 1. The molecule has 2 aliphatic heterocycles. The average molecular weight is 451 g/mol. The van der Waals surface area contributed by atoms with Crippen LogP contribution < -0.4 is 10.2 Å². The van der Waals surface area contributed by atoms with Crippen molar-refractivity contribution in [3.63, 3.8) is 0 Å². The van der Waals surface area contributed by atoms with E-state index in [2.05, 4.69) is 49.6 Å². The molecule has 5 rings (SSSR count). The fourth-order valence-corrected chi connectivity index (χ4v) is 5.49. The maximum Gasteiger partial charge on any atom is 0.268 e. The van der Waals surface area contributed by atoms with E-state index < -0.39 is 0 Å². The van der Waals surface area contributed by atoms with Gasteiger partial charge in [-0.15, -0.1) is 10.2 Å². The van der Waals surface area contributed by atoms with Gasteiger partial charge in [0.1, 0.15) is 5.69 Å². The Morgan fingerprint density at radius 3 is 2.66 bits per heavy atom. The third-order valence-electron chi connectivity index (χ3n) is 6.36. The molecule has 0 aliphatic carbocycles. The summed E-state index contributed by atoms with van der Waals surface area (Å²) in [5.74, 6) is -0.0614. The van der Waals surface area contributed by atoms with Gasteiger partial charge in [0.05, 0.1) is 0 Å². The first-order valence-corrected chi connectivity index (χ1v) is 12.4. The van der Waals surface area contributed by atoms with Gasteiger partial charge < -0.3 is 10.2 Å². The molecule has 1 fully saturated rings. The van der Waals surface area contributed by atoms with Gasteiger partial charge in [0.15, 0.2) is 0 Å². The van der Waals surface area contributed by atoms with E-state index in [0.29, 0.717) is 12.2 Å². The first-order valence-electron chi connectivity index (χ1n) is 11.6. The quantitative estimate of drug-likeness (QED) is 0.558. The van der Waals surface area contributed by atoms with E-state index in [4.69, 9.17) is 0 Å². The number of hydrogen-bond acceptors (Lipinski definition) is 6. The van der Waals surface area contributed by atoms with Crippen molar-refractivity contribution in [1.82, 2.24) is 25.0 Å². The molecule has 7 nitrogen and oxygen atoms in total. The Kier molecular flexibility index (Phi) is 6.50. The fraction of sp³-hybridized carbons (Fsp3) is 0.458. The maximum absolute atomic E-state index is 12.8.